The number of rotatable bonds is 2. The molecule has 2 N–H and O–H groups in total. The summed E-state index contributed by atoms with van der Waals surface area (Å²) in [5.41, 5.74) is 1.31. The fraction of sp³-hybridized carbons (Fsp3) is 0.143. The van der Waals surface area contributed by atoms with E-state index in [0.29, 0.717) is 5.69 Å². The van der Waals surface area contributed by atoms with E-state index in [-0.39, 0.29) is 6.61 Å². The first-order valence-corrected chi connectivity index (χ1v) is 3.00. The zero-order valence-electron chi connectivity index (χ0n) is 5.82. The van der Waals surface area contributed by atoms with Crippen LogP contribution in [0.2, 0.25) is 0 Å². The monoisotopic (exact) mass is 149 g/mol. The minimum atomic E-state index is 0.288. The second-order valence-corrected chi connectivity index (χ2v) is 1.97. The first-order chi connectivity index (χ1) is 5.36. The molecule has 11 heavy (non-hydrogen) atoms. The second-order valence-electron chi connectivity index (χ2n) is 1.97. The molecule has 0 saturated heterocycles. The molecule has 1 aromatic heterocycles. The van der Waals surface area contributed by atoms with Gasteiger partial charge in [-0.2, -0.15) is 0 Å². The minimum Gasteiger partial charge on any atom is -0.300 e. The molecule has 0 unspecified atom stereocenters. The molecule has 1 heterocycles. The lowest BCUT2D eigenvalue weighted by atomic mass is 10.3. The Bertz CT molecular complexity index is 279. The predicted octanol–water partition coefficient (Wildman–Crippen LogP) is 1.02. The maximum atomic E-state index is 6.69. The molecule has 0 bridgehead atoms. The van der Waals surface area contributed by atoms with Gasteiger partial charge >= 0.3 is 0 Å². The molecule has 0 atom stereocenters. The Labute approximate surface area is 64.4 Å². The van der Waals surface area contributed by atoms with E-state index in [0.717, 1.165) is 5.56 Å². The fourth-order valence-electron chi connectivity index (χ4n) is 0.710. The Hall–Kier alpha value is -1.44. The summed E-state index contributed by atoms with van der Waals surface area (Å²) in [5.74, 6) is 4.85. The average Bonchev–Trinajstić information content (AvgIpc) is 2.06. The van der Waals surface area contributed by atoms with Crippen LogP contribution in [0, 0.1) is 6.57 Å². The molecule has 4 heteroatoms. The van der Waals surface area contributed by atoms with Crippen molar-refractivity contribution >= 4 is 5.69 Å². The highest BCUT2D eigenvalue weighted by Gasteiger charge is 1.94. The van der Waals surface area contributed by atoms with E-state index in [1.54, 1.807) is 12.3 Å². The smallest absolute Gasteiger partial charge is 0.205 e. The lowest BCUT2D eigenvalue weighted by Crippen LogP contribution is -1.98. The van der Waals surface area contributed by atoms with Crippen LogP contribution in [0.3, 0.4) is 0 Å². The average molecular weight is 149 g/mol. The van der Waals surface area contributed by atoms with Gasteiger partial charge in [0, 0.05) is 12.4 Å². The van der Waals surface area contributed by atoms with Crippen LogP contribution in [-0.4, -0.2) is 4.98 Å². The SMILES string of the molecule is [C-]#[N+]c1cncc(CON)c1. The van der Waals surface area contributed by atoms with Crippen molar-refractivity contribution in [1.82, 2.24) is 4.98 Å². The summed E-state index contributed by atoms with van der Waals surface area (Å²) in [6.07, 6.45) is 3.11. The highest BCUT2D eigenvalue weighted by atomic mass is 16.6. The summed E-state index contributed by atoms with van der Waals surface area (Å²) in [5, 5.41) is 0. The third-order valence-corrected chi connectivity index (χ3v) is 1.16. The Morgan fingerprint density at radius 1 is 1.64 bits per heavy atom. The van der Waals surface area contributed by atoms with Gasteiger partial charge in [-0.1, -0.05) is 0 Å². The molecule has 0 aliphatic heterocycles. The van der Waals surface area contributed by atoms with Crippen molar-refractivity contribution < 1.29 is 4.84 Å². The highest BCUT2D eigenvalue weighted by molar-refractivity contribution is 5.43. The third-order valence-electron chi connectivity index (χ3n) is 1.16. The Morgan fingerprint density at radius 3 is 3.09 bits per heavy atom. The van der Waals surface area contributed by atoms with Crippen LogP contribution in [0.1, 0.15) is 5.56 Å². The number of hydrogen-bond donors (Lipinski definition) is 1. The van der Waals surface area contributed by atoms with Crippen molar-refractivity contribution in [3.63, 3.8) is 0 Å². The lowest BCUT2D eigenvalue weighted by Gasteiger charge is -1.96. The summed E-state index contributed by atoms with van der Waals surface area (Å²) in [6, 6.07) is 1.69. The van der Waals surface area contributed by atoms with Gasteiger partial charge in [-0.25, -0.2) is 10.7 Å². The van der Waals surface area contributed by atoms with Gasteiger partial charge in [0.1, 0.15) is 0 Å². The molecule has 0 amide bonds. The molecule has 1 rings (SSSR count). The molecule has 0 saturated carbocycles. The Morgan fingerprint density at radius 2 is 2.45 bits per heavy atom. The van der Waals surface area contributed by atoms with Crippen molar-refractivity contribution in [2.24, 2.45) is 5.90 Å². The number of nitrogens with zero attached hydrogens (tertiary/aromatic N) is 2. The van der Waals surface area contributed by atoms with Crippen LogP contribution in [0.4, 0.5) is 5.69 Å². The molecule has 56 valence electrons. The van der Waals surface area contributed by atoms with Crippen LogP contribution in [0.25, 0.3) is 4.85 Å². The summed E-state index contributed by atoms with van der Waals surface area (Å²) in [6.45, 7) is 6.97. The van der Waals surface area contributed by atoms with Gasteiger partial charge in [0.2, 0.25) is 5.69 Å². The zero-order valence-corrected chi connectivity index (χ0v) is 5.82. The van der Waals surface area contributed by atoms with E-state index in [2.05, 4.69) is 14.7 Å². The number of pyridine rings is 1. The number of aromatic nitrogens is 1. The van der Waals surface area contributed by atoms with Gasteiger partial charge in [-0.05, 0) is 11.6 Å². The van der Waals surface area contributed by atoms with Crippen molar-refractivity contribution in [3.05, 3.63) is 35.4 Å². The summed E-state index contributed by atoms with van der Waals surface area (Å²) >= 11 is 0. The van der Waals surface area contributed by atoms with Crippen molar-refractivity contribution in [1.29, 1.82) is 0 Å². The van der Waals surface area contributed by atoms with Gasteiger partial charge in [-0.15, -0.1) is 0 Å². The van der Waals surface area contributed by atoms with Crippen LogP contribution >= 0.6 is 0 Å². The molecule has 1 aromatic rings. The van der Waals surface area contributed by atoms with Gasteiger partial charge in [0.05, 0.1) is 13.2 Å². The molecule has 0 aromatic carbocycles. The first kappa shape index (κ1) is 7.66. The maximum absolute atomic E-state index is 6.69. The third kappa shape index (κ3) is 2.00. The quantitative estimate of drug-likeness (QED) is 0.504. The van der Waals surface area contributed by atoms with E-state index >= 15 is 0 Å². The minimum absolute atomic E-state index is 0.288. The van der Waals surface area contributed by atoms with Crippen LogP contribution in [0.15, 0.2) is 18.5 Å². The number of hydrogen-bond acceptors (Lipinski definition) is 3. The van der Waals surface area contributed by atoms with Gasteiger partial charge in [-0.3, -0.25) is 9.82 Å². The maximum Gasteiger partial charge on any atom is 0.205 e. The van der Waals surface area contributed by atoms with E-state index < -0.39 is 0 Å². The normalized spacial score (nSPS) is 9.09. The van der Waals surface area contributed by atoms with Gasteiger partial charge < -0.3 is 0 Å². The molecule has 0 radical (unpaired) electrons. The lowest BCUT2D eigenvalue weighted by molar-refractivity contribution is 0.124. The standard InChI is InChI=1S/C7H7N3O/c1-9-7-2-6(5-11-8)3-10-4-7/h2-4H,5,8H2. The van der Waals surface area contributed by atoms with E-state index in [1.807, 2.05) is 0 Å². The molecule has 0 aliphatic rings. The second kappa shape index (κ2) is 3.66. The van der Waals surface area contributed by atoms with Crippen molar-refractivity contribution in [2.45, 2.75) is 6.61 Å². The molecule has 0 spiro atoms. The van der Waals surface area contributed by atoms with Gasteiger partial charge in [0.15, 0.2) is 0 Å². The van der Waals surface area contributed by atoms with E-state index in [4.69, 9.17) is 12.5 Å². The number of nitrogens with two attached hydrogens (primary N) is 1. The molecule has 0 aliphatic carbocycles. The Balaban J connectivity index is 2.85. The van der Waals surface area contributed by atoms with Crippen LogP contribution in [-0.2, 0) is 11.4 Å². The van der Waals surface area contributed by atoms with Crippen molar-refractivity contribution in [3.8, 4) is 0 Å². The van der Waals surface area contributed by atoms with Gasteiger partial charge in [0.25, 0.3) is 0 Å². The van der Waals surface area contributed by atoms with Crippen LogP contribution < -0.4 is 5.90 Å². The molecule has 0 fully saturated rings. The van der Waals surface area contributed by atoms with E-state index in [1.165, 1.54) is 6.20 Å². The molecular formula is C7H7N3O. The van der Waals surface area contributed by atoms with Crippen LogP contribution in [0.5, 0.6) is 0 Å². The summed E-state index contributed by atoms with van der Waals surface area (Å²) in [7, 11) is 0. The molecular weight excluding hydrogens is 142 g/mol. The zero-order chi connectivity index (χ0) is 8.10. The summed E-state index contributed by atoms with van der Waals surface area (Å²) < 4.78 is 0. The summed E-state index contributed by atoms with van der Waals surface area (Å²) in [4.78, 5) is 11.4. The molecule has 4 nitrogen and oxygen atoms in total. The van der Waals surface area contributed by atoms with E-state index in [9.17, 15) is 0 Å². The van der Waals surface area contributed by atoms with Crippen molar-refractivity contribution in [2.75, 3.05) is 0 Å². The first-order valence-electron chi connectivity index (χ1n) is 3.00. The largest absolute Gasteiger partial charge is 0.300 e. The predicted molar refractivity (Wildman–Crippen MR) is 39.5 cm³/mol. The highest BCUT2D eigenvalue weighted by Crippen LogP contribution is 2.11. The fourth-order valence-corrected chi connectivity index (χ4v) is 0.710. The Kier molecular flexibility index (Phi) is 2.55. The topological polar surface area (TPSA) is 52.5 Å².